The van der Waals surface area contributed by atoms with Gasteiger partial charge >= 0.3 is 0 Å². The van der Waals surface area contributed by atoms with E-state index >= 15 is 0 Å². The van der Waals surface area contributed by atoms with E-state index in [9.17, 15) is 4.79 Å². The molecule has 17 heavy (non-hydrogen) atoms. The molecule has 1 rings (SSSR count). The maximum atomic E-state index is 12.0. The smallest absolute Gasteiger partial charge is 0.158 e. The van der Waals surface area contributed by atoms with E-state index in [1.165, 1.54) is 0 Å². The van der Waals surface area contributed by atoms with Gasteiger partial charge in [0.05, 0.1) is 17.7 Å². The van der Waals surface area contributed by atoms with Crippen LogP contribution >= 0.6 is 0 Å². The Labute approximate surface area is 103 Å². The fraction of sp³-hybridized carbons (Fsp3) is 0.692. The molecule has 0 amide bonds. The fourth-order valence-corrected chi connectivity index (χ4v) is 1.43. The Balaban J connectivity index is 2.70. The van der Waals surface area contributed by atoms with Crippen molar-refractivity contribution in [3.05, 3.63) is 18.0 Å². The van der Waals surface area contributed by atoms with Crippen molar-refractivity contribution in [2.75, 3.05) is 7.05 Å². The third kappa shape index (κ3) is 3.40. The minimum absolute atomic E-state index is 0.161. The van der Waals surface area contributed by atoms with Crippen molar-refractivity contribution in [2.45, 2.75) is 52.1 Å². The van der Waals surface area contributed by atoms with Gasteiger partial charge in [-0.15, -0.1) is 0 Å². The summed E-state index contributed by atoms with van der Waals surface area (Å²) in [5, 5.41) is 7.45. The van der Waals surface area contributed by atoms with E-state index < -0.39 is 5.54 Å². The Hall–Kier alpha value is -1.16. The number of carbonyl (C=O) groups is 1. The quantitative estimate of drug-likeness (QED) is 0.822. The Morgan fingerprint density at radius 2 is 2.24 bits per heavy atom. The second-order valence-corrected chi connectivity index (χ2v) is 5.02. The number of hydrogen-bond donors (Lipinski definition) is 1. The molecule has 1 unspecified atom stereocenters. The van der Waals surface area contributed by atoms with E-state index in [-0.39, 0.29) is 5.78 Å². The Morgan fingerprint density at radius 3 is 2.76 bits per heavy atom. The summed E-state index contributed by atoms with van der Waals surface area (Å²) in [4.78, 5) is 12.0. The zero-order valence-corrected chi connectivity index (χ0v) is 11.4. The maximum Gasteiger partial charge on any atom is 0.158 e. The summed E-state index contributed by atoms with van der Waals surface area (Å²) in [5.41, 5.74) is 0.360. The van der Waals surface area contributed by atoms with Gasteiger partial charge in [0, 0.05) is 12.2 Å². The number of rotatable bonds is 6. The molecule has 0 bridgehead atoms. The highest BCUT2D eigenvalue weighted by Gasteiger charge is 2.25. The molecule has 0 aliphatic rings. The lowest BCUT2D eigenvalue weighted by Gasteiger charge is -2.21. The molecule has 0 saturated carbocycles. The molecule has 0 fully saturated rings. The van der Waals surface area contributed by atoms with E-state index in [1.54, 1.807) is 7.05 Å². The van der Waals surface area contributed by atoms with Gasteiger partial charge in [-0.05, 0) is 40.3 Å². The number of hydrogen-bond acceptors (Lipinski definition) is 3. The Bertz CT molecular complexity index is 382. The molecular weight excluding hydrogens is 214 g/mol. The molecule has 0 radical (unpaired) electrons. The van der Waals surface area contributed by atoms with E-state index in [4.69, 9.17) is 0 Å². The number of nitrogens with one attached hydrogen (secondary N) is 1. The lowest BCUT2D eigenvalue weighted by Crippen LogP contribution is -2.45. The van der Waals surface area contributed by atoms with Crippen molar-refractivity contribution < 1.29 is 4.79 Å². The summed E-state index contributed by atoms with van der Waals surface area (Å²) in [7, 11) is 1.80. The number of ketones is 1. The molecular formula is C13H23N3O. The second-order valence-electron chi connectivity index (χ2n) is 5.02. The van der Waals surface area contributed by atoms with Crippen LogP contribution in [-0.4, -0.2) is 28.2 Å². The van der Waals surface area contributed by atoms with Crippen LogP contribution in [0.2, 0.25) is 0 Å². The number of aromatic nitrogens is 2. The highest BCUT2D eigenvalue weighted by atomic mass is 16.1. The molecule has 96 valence electrons. The minimum Gasteiger partial charge on any atom is -0.308 e. The van der Waals surface area contributed by atoms with Crippen molar-refractivity contribution in [3.8, 4) is 0 Å². The van der Waals surface area contributed by atoms with Crippen LogP contribution in [0.1, 0.15) is 45.9 Å². The molecule has 0 aliphatic carbocycles. The minimum atomic E-state index is -0.486. The highest BCUT2D eigenvalue weighted by Crippen LogP contribution is 2.12. The van der Waals surface area contributed by atoms with Gasteiger partial charge in [0.15, 0.2) is 5.78 Å². The van der Waals surface area contributed by atoms with Gasteiger partial charge in [0.1, 0.15) is 0 Å². The SMILES string of the molecule is CCC(C)n1ccc(CC(=O)C(C)(C)NC)n1. The zero-order chi connectivity index (χ0) is 13.1. The summed E-state index contributed by atoms with van der Waals surface area (Å²) in [6, 6.07) is 2.31. The molecule has 1 aromatic rings. The van der Waals surface area contributed by atoms with Crippen molar-refractivity contribution in [1.29, 1.82) is 0 Å². The first-order valence-electron chi connectivity index (χ1n) is 6.17. The molecule has 0 saturated heterocycles. The van der Waals surface area contributed by atoms with E-state index in [1.807, 2.05) is 30.8 Å². The van der Waals surface area contributed by atoms with Gasteiger partial charge in [0.2, 0.25) is 0 Å². The molecule has 1 heterocycles. The monoisotopic (exact) mass is 237 g/mol. The third-order valence-corrected chi connectivity index (χ3v) is 3.37. The van der Waals surface area contributed by atoms with Crippen LogP contribution in [0.25, 0.3) is 0 Å². The van der Waals surface area contributed by atoms with Gasteiger partial charge in [-0.25, -0.2) is 0 Å². The molecule has 1 atom stereocenters. The normalized spacial score (nSPS) is 13.7. The molecule has 0 aliphatic heterocycles. The highest BCUT2D eigenvalue weighted by molar-refractivity contribution is 5.89. The Morgan fingerprint density at radius 1 is 1.59 bits per heavy atom. The van der Waals surface area contributed by atoms with Gasteiger partial charge in [-0.2, -0.15) is 5.10 Å². The second kappa shape index (κ2) is 5.45. The lowest BCUT2D eigenvalue weighted by molar-refractivity contribution is -0.123. The first-order chi connectivity index (χ1) is 7.90. The fourth-order valence-electron chi connectivity index (χ4n) is 1.43. The number of carbonyl (C=O) groups excluding carboxylic acids is 1. The van der Waals surface area contributed by atoms with Crippen LogP contribution in [0.5, 0.6) is 0 Å². The van der Waals surface area contributed by atoms with Crippen molar-refractivity contribution in [3.63, 3.8) is 0 Å². The standard InChI is InChI=1S/C13H23N3O/c1-6-10(2)16-8-7-11(15-16)9-12(17)13(3,4)14-5/h7-8,10,14H,6,9H2,1-5H3. The van der Waals surface area contributed by atoms with Crippen LogP contribution in [-0.2, 0) is 11.2 Å². The zero-order valence-electron chi connectivity index (χ0n) is 11.4. The number of Topliss-reactive ketones (excluding diaryl/α,β-unsaturated/α-hetero) is 1. The number of nitrogens with zero attached hydrogens (tertiary/aromatic N) is 2. The van der Waals surface area contributed by atoms with E-state index in [0.717, 1.165) is 12.1 Å². The van der Waals surface area contributed by atoms with Crippen LogP contribution in [0.15, 0.2) is 12.3 Å². The first kappa shape index (κ1) is 13.9. The van der Waals surface area contributed by atoms with Gasteiger partial charge in [-0.3, -0.25) is 9.48 Å². The maximum absolute atomic E-state index is 12.0. The topological polar surface area (TPSA) is 46.9 Å². The molecule has 0 spiro atoms. The summed E-state index contributed by atoms with van der Waals surface area (Å²) >= 11 is 0. The van der Waals surface area contributed by atoms with Gasteiger partial charge in [-0.1, -0.05) is 6.92 Å². The predicted molar refractivity (Wildman–Crippen MR) is 69.1 cm³/mol. The summed E-state index contributed by atoms with van der Waals surface area (Å²) < 4.78 is 1.93. The van der Waals surface area contributed by atoms with Crippen LogP contribution in [0, 0.1) is 0 Å². The molecule has 1 N–H and O–H groups in total. The van der Waals surface area contributed by atoms with Crippen molar-refractivity contribution in [2.24, 2.45) is 0 Å². The largest absolute Gasteiger partial charge is 0.308 e. The summed E-state index contributed by atoms with van der Waals surface area (Å²) in [5.74, 6) is 0.161. The summed E-state index contributed by atoms with van der Waals surface area (Å²) in [6.07, 6.45) is 3.37. The summed E-state index contributed by atoms with van der Waals surface area (Å²) in [6.45, 7) is 8.03. The van der Waals surface area contributed by atoms with Crippen molar-refractivity contribution >= 4 is 5.78 Å². The number of likely N-dealkylation sites (N-methyl/N-ethyl adjacent to an activating group) is 1. The van der Waals surface area contributed by atoms with Crippen molar-refractivity contribution in [1.82, 2.24) is 15.1 Å². The van der Waals surface area contributed by atoms with Gasteiger partial charge < -0.3 is 5.32 Å². The van der Waals surface area contributed by atoms with E-state index in [0.29, 0.717) is 12.5 Å². The third-order valence-electron chi connectivity index (χ3n) is 3.37. The molecule has 4 nitrogen and oxygen atoms in total. The average Bonchev–Trinajstić information content (AvgIpc) is 2.76. The van der Waals surface area contributed by atoms with E-state index in [2.05, 4.69) is 24.3 Å². The molecule has 4 heteroatoms. The van der Waals surface area contributed by atoms with Gasteiger partial charge in [0.25, 0.3) is 0 Å². The van der Waals surface area contributed by atoms with Crippen LogP contribution in [0.3, 0.4) is 0 Å². The average molecular weight is 237 g/mol. The predicted octanol–water partition coefficient (Wildman–Crippen LogP) is 1.96. The van der Waals surface area contributed by atoms with Crippen LogP contribution < -0.4 is 5.32 Å². The Kier molecular flexibility index (Phi) is 4.46. The van der Waals surface area contributed by atoms with Crippen LogP contribution in [0.4, 0.5) is 0 Å². The first-order valence-corrected chi connectivity index (χ1v) is 6.17. The molecule has 1 aromatic heterocycles. The lowest BCUT2D eigenvalue weighted by atomic mass is 9.96. The molecule has 0 aromatic carbocycles.